The van der Waals surface area contributed by atoms with Crippen LogP contribution in [-0.4, -0.2) is 27.5 Å². The highest BCUT2D eigenvalue weighted by Crippen LogP contribution is 2.25. The van der Waals surface area contributed by atoms with Crippen LogP contribution in [0.2, 0.25) is 0 Å². The van der Waals surface area contributed by atoms with Crippen LogP contribution in [0.4, 0.5) is 11.1 Å². The average Bonchev–Trinajstić information content (AvgIpc) is 3.17. The first-order valence-electron chi connectivity index (χ1n) is 7.09. The Bertz CT molecular complexity index is 797. The number of nitrogens with zero attached hydrogens (tertiary/aromatic N) is 3. The van der Waals surface area contributed by atoms with Crippen molar-refractivity contribution in [2.45, 2.75) is 6.42 Å². The molecule has 25 heavy (non-hydrogen) atoms. The van der Waals surface area contributed by atoms with E-state index >= 15 is 0 Å². The van der Waals surface area contributed by atoms with E-state index in [2.05, 4.69) is 37.4 Å². The largest absolute Gasteiger partial charge is 0.370 e. The first-order valence-corrected chi connectivity index (χ1v) is 7.97. The number of guanidine groups is 1. The van der Waals surface area contributed by atoms with E-state index in [1.54, 1.807) is 6.20 Å². The van der Waals surface area contributed by atoms with Gasteiger partial charge in [0.15, 0.2) is 5.96 Å². The fourth-order valence-corrected chi connectivity index (χ4v) is 2.77. The Labute approximate surface area is 161 Å². The van der Waals surface area contributed by atoms with Gasteiger partial charge < -0.3 is 21.8 Å². The van der Waals surface area contributed by atoms with Crippen molar-refractivity contribution in [1.82, 2.24) is 15.0 Å². The van der Waals surface area contributed by atoms with E-state index < -0.39 is 0 Å². The predicted molar refractivity (Wildman–Crippen MR) is 108 cm³/mol. The molecule has 0 aliphatic rings. The quantitative estimate of drug-likeness (QED) is 0.375. The molecule has 134 valence electrons. The van der Waals surface area contributed by atoms with E-state index in [0.29, 0.717) is 11.1 Å². The number of benzene rings is 1. The van der Waals surface area contributed by atoms with Crippen LogP contribution in [0.25, 0.3) is 11.4 Å². The number of imidazole rings is 1. The lowest BCUT2D eigenvalue weighted by molar-refractivity contribution is 0.998. The van der Waals surface area contributed by atoms with Gasteiger partial charge >= 0.3 is 0 Å². The van der Waals surface area contributed by atoms with E-state index in [0.717, 1.165) is 24.4 Å². The van der Waals surface area contributed by atoms with Crippen molar-refractivity contribution >= 4 is 53.2 Å². The molecule has 2 heterocycles. The standard InChI is InChI=1S/C15H17N7S.2ClH/c16-13(17)22-15-21-12(9-23-15)11-8-19-14(20-11)18-7-6-10-4-2-1-3-5-10;;/h1-5,8-9H,6-7H2,(H2,18,19,20)(H4,16,17,21,22);2*1H. The Morgan fingerprint density at radius 2 is 1.96 bits per heavy atom. The lowest BCUT2D eigenvalue weighted by atomic mass is 10.1. The number of nitrogens with two attached hydrogens (primary N) is 2. The molecule has 0 unspecified atom stereocenters. The number of anilines is 1. The van der Waals surface area contributed by atoms with Crippen LogP contribution < -0.4 is 16.8 Å². The summed E-state index contributed by atoms with van der Waals surface area (Å²) in [5, 5.41) is 5.66. The van der Waals surface area contributed by atoms with E-state index in [9.17, 15) is 0 Å². The van der Waals surface area contributed by atoms with Crippen molar-refractivity contribution < 1.29 is 0 Å². The summed E-state index contributed by atoms with van der Waals surface area (Å²) in [6, 6.07) is 10.3. The van der Waals surface area contributed by atoms with Crippen LogP contribution in [0.15, 0.2) is 46.9 Å². The molecule has 0 spiro atoms. The van der Waals surface area contributed by atoms with Gasteiger partial charge in [-0.05, 0) is 12.0 Å². The topological polar surface area (TPSA) is 118 Å². The molecular weight excluding hydrogens is 381 g/mol. The van der Waals surface area contributed by atoms with Crippen LogP contribution in [0.1, 0.15) is 5.56 Å². The second kappa shape index (κ2) is 9.87. The summed E-state index contributed by atoms with van der Waals surface area (Å²) < 4.78 is 0. The molecule has 7 nitrogen and oxygen atoms in total. The lowest BCUT2D eigenvalue weighted by Gasteiger charge is -2.02. The third kappa shape index (κ3) is 5.93. The summed E-state index contributed by atoms with van der Waals surface area (Å²) in [5.41, 5.74) is 13.6. The maximum atomic E-state index is 5.34. The molecule has 3 aromatic rings. The Kier molecular flexibility index (Phi) is 8.20. The van der Waals surface area contributed by atoms with Crippen molar-refractivity contribution in [2.75, 3.05) is 11.9 Å². The van der Waals surface area contributed by atoms with E-state index in [4.69, 9.17) is 11.5 Å². The van der Waals surface area contributed by atoms with Gasteiger partial charge in [0, 0.05) is 11.9 Å². The van der Waals surface area contributed by atoms with Crippen LogP contribution in [0.5, 0.6) is 0 Å². The number of nitrogens with one attached hydrogen (secondary N) is 2. The van der Waals surface area contributed by atoms with Crippen LogP contribution in [-0.2, 0) is 6.42 Å². The maximum Gasteiger partial charge on any atom is 0.212 e. The zero-order valence-electron chi connectivity index (χ0n) is 13.2. The zero-order valence-corrected chi connectivity index (χ0v) is 15.6. The molecule has 1 aromatic carbocycles. The van der Waals surface area contributed by atoms with E-state index in [1.807, 2.05) is 23.6 Å². The molecule has 0 saturated heterocycles. The van der Waals surface area contributed by atoms with Crippen molar-refractivity contribution in [3.05, 3.63) is 47.5 Å². The number of hydrogen-bond acceptors (Lipinski definition) is 5. The van der Waals surface area contributed by atoms with Gasteiger partial charge in [-0.2, -0.15) is 4.99 Å². The number of hydrogen-bond donors (Lipinski definition) is 4. The minimum Gasteiger partial charge on any atom is -0.370 e. The third-order valence-corrected chi connectivity index (χ3v) is 3.85. The number of aliphatic imine (C=N–C) groups is 1. The zero-order chi connectivity index (χ0) is 16.1. The number of H-pyrrole nitrogens is 1. The Morgan fingerprint density at radius 1 is 1.20 bits per heavy atom. The SMILES string of the molecule is Cl.Cl.NC(N)=Nc1nc(-c2cnc(NCCc3ccccc3)[nH]2)cs1. The van der Waals surface area contributed by atoms with Crippen LogP contribution in [0.3, 0.4) is 0 Å². The molecule has 0 amide bonds. The molecule has 0 fully saturated rings. The molecule has 3 rings (SSSR count). The summed E-state index contributed by atoms with van der Waals surface area (Å²) in [4.78, 5) is 15.8. The van der Waals surface area contributed by atoms with Gasteiger partial charge in [-0.15, -0.1) is 36.2 Å². The van der Waals surface area contributed by atoms with Crippen LogP contribution in [0, 0.1) is 0 Å². The molecule has 0 atom stereocenters. The second-order valence-electron chi connectivity index (χ2n) is 4.86. The minimum absolute atomic E-state index is 0. The molecule has 0 saturated carbocycles. The Balaban J connectivity index is 0.00000156. The average molecular weight is 400 g/mol. The smallest absolute Gasteiger partial charge is 0.212 e. The third-order valence-electron chi connectivity index (χ3n) is 3.12. The summed E-state index contributed by atoms with van der Waals surface area (Å²) in [6.07, 6.45) is 2.67. The van der Waals surface area contributed by atoms with Crippen LogP contribution >= 0.6 is 36.2 Å². The summed E-state index contributed by atoms with van der Waals surface area (Å²) in [7, 11) is 0. The predicted octanol–water partition coefficient (Wildman–Crippen LogP) is 2.94. The highest BCUT2D eigenvalue weighted by Gasteiger charge is 2.07. The van der Waals surface area contributed by atoms with Gasteiger partial charge in [-0.1, -0.05) is 30.3 Å². The van der Waals surface area contributed by atoms with Crippen molar-refractivity contribution in [3.8, 4) is 11.4 Å². The number of aromatic nitrogens is 3. The first-order chi connectivity index (χ1) is 11.2. The highest BCUT2D eigenvalue weighted by atomic mass is 35.5. The van der Waals surface area contributed by atoms with Gasteiger partial charge in [0.2, 0.25) is 11.1 Å². The van der Waals surface area contributed by atoms with Crippen molar-refractivity contribution in [1.29, 1.82) is 0 Å². The van der Waals surface area contributed by atoms with Crippen molar-refractivity contribution in [2.24, 2.45) is 16.5 Å². The number of aromatic amines is 1. The van der Waals surface area contributed by atoms with E-state index in [-0.39, 0.29) is 30.8 Å². The molecule has 0 radical (unpaired) electrons. The summed E-state index contributed by atoms with van der Waals surface area (Å²) in [6.45, 7) is 0.799. The first kappa shape index (κ1) is 20.8. The molecule has 10 heteroatoms. The minimum atomic E-state index is -0.00113. The molecule has 0 aliphatic carbocycles. The Morgan fingerprint density at radius 3 is 2.68 bits per heavy atom. The summed E-state index contributed by atoms with van der Waals surface area (Å²) in [5.74, 6) is 0.714. The summed E-state index contributed by atoms with van der Waals surface area (Å²) >= 11 is 1.37. The Hall–Kier alpha value is -2.29. The molecule has 2 aromatic heterocycles. The molecule has 0 aliphatic heterocycles. The number of halogens is 2. The van der Waals surface area contributed by atoms with E-state index in [1.165, 1.54) is 16.9 Å². The van der Waals surface area contributed by atoms with Gasteiger partial charge in [-0.25, -0.2) is 9.97 Å². The lowest BCUT2D eigenvalue weighted by Crippen LogP contribution is -2.21. The van der Waals surface area contributed by atoms with Gasteiger partial charge in [0.1, 0.15) is 5.69 Å². The fourth-order valence-electron chi connectivity index (χ4n) is 2.06. The normalized spacial score (nSPS) is 9.60. The monoisotopic (exact) mass is 399 g/mol. The van der Waals surface area contributed by atoms with Gasteiger partial charge in [0.25, 0.3) is 0 Å². The molecule has 0 bridgehead atoms. The number of rotatable bonds is 6. The molecule has 6 N–H and O–H groups in total. The second-order valence-corrected chi connectivity index (χ2v) is 5.70. The number of thiazole rings is 1. The van der Waals surface area contributed by atoms with Crippen molar-refractivity contribution in [3.63, 3.8) is 0 Å². The maximum absolute atomic E-state index is 5.34. The van der Waals surface area contributed by atoms with Gasteiger partial charge in [0.05, 0.1) is 11.9 Å². The molecular formula is C15H19Cl2N7S. The fraction of sp³-hybridized carbons (Fsp3) is 0.133. The highest BCUT2D eigenvalue weighted by molar-refractivity contribution is 7.13. The van der Waals surface area contributed by atoms with Gasteiger partial charge in [-0.3, -0.25) is 0 Å².